The average molecular weight is 231 g/mol. The molecule has 92 valence electrons. The quantitative estimate of drug-likeness (QED) is 0.862. The van der Waals surface area contributed by atoms with Gasteiger partial charge in [-0.1, -0.05) is 29.8 Å². The maximum absolute atomic E-state index is 5.81. The first-order valence-electron chi connectivity index (χ1n) is 6.68. The van der Waals surface area contributed by atoms with Gasteiger partial charge in [-0.05, 0) is 31.7 Å². The van der Waals surface area contributed by atoms with Crippen LogP contribution in [0.15, 0.2) is 24.3 Å². The average Bonchev–Trinajstić information content (AvgIpc) is 2.76. The Bertz CT molecular complexity index is 392. The molecule has 2 saturated heterocycles. The molecule has 17 heavy (non-hydrogen) atoms. The summed E-state index contributed by atoms with van der Waals surface area (Å²) in [6.45, 7) is 5.35. The maximum atomic E-state index is 5.81. The number of rotatable bonds is 3. The fourth-order valence-electron chi connectivity index (χ4n) is 3.11. The zero-order chi connectivity index (χ0) is 11.7. The van der Waals surface area contributed by atoms with E-state index in [2.05, 4.69) is 36.5 Å². The predicted octanol–water partition coefficient (Wildman–Crippen LogP) is 2.41. The summed E-state index contributed by atoms with van der Waals surface area (Å²) in [6.07, 6.45) is 4.15. The van der Waals surface area contributed by atoms with Crippen molar-refractivity contribution in [3.63, 3.8) is 0 Å². The molecule has 1 aromatic rings. The van der Waals surface area contributed by atoms with Crippen LogP contribution in [0, 0.1) is 6.92 Å². The Morgan fingerprint density at radius 3 is 2.88 bits per heavy atom. The summed E-state index contributed by atoms with van der Waals surface area (Å²) in [6, 6.07) is 8.98. The van der Waals surface area contributed by atoms with E-state index in [1.54, 1.807) is 0 Å². The third kappa shape index (κ3) is 2.12. The highest BCUT2D eigenvalue weighted by molar-refractivity contribution is 5.33. The van der Waals surface area contributed by atoms with Gasteiger partial charge in [0.05, 0.1) is 6.10 Å². The molecule has 0 amide bonds. The van der Waals surface area contributed by atoms with E-state index >= 15 is 0 Å². The highest BCUT2D eigenvalue weighted by atomic mass is 16.5. The Balaban J connectivity index is 1.81. The monoisotopic (exact) mass is 231 g/mol. The summed E-state index contributed by atoms with van der Waals surface area (Å²) in [5.41, 5.74) is 3.19. The lowest BCUT2D eigenvalue weighted by Gasteiger charge is -2.44. The molecule has 2 aliphatic rings. The molecule has 1 aromatic carbocycles. The Kier molecular flexibility index (Phi) is 2.93. The van der Waals surface area contributed by atoms with Crippen molar-refractivity contribution in [2.45, 2.75) is 37.7 Å². The molecule has 2 heterocycles. The first-order chi connectivity index (χ1) is 8.28. The van der Waals surface area contributed by atoms with Crippen LogP contribution in [-0.2, 0) is 10.2 Å². The summed E-state index contributed by atoms with van der Waals surface area (Å²) in [4.78, 5) is 0. The summed E-state index contributed by atoms with van der Waals surface area (Å²) in [7, 11) is 0. The number of ether oxygens (including phenoxy) is 1. The van der Waals surface area contributed by atoms with E-state index in [0.29, 0.717) is 11.5 Å². The molecule has 0 radical (unpaired) electrons. The molecule has 1 atom stereocenters. The minimum Gasteiger partial charge on any atom is -0.378 e. The summed E-state index contributed by atoms with van der Waals surface area (Å²) >= 11 is 0. The Labute approximate surface area is 103 Å². The molecule has 2 aliphatic heterocycles. The minimum absolute atomic E-state index is 0.334. The smallest absolute Gasteiger partial charge is 0.0585 e. The first kappa shape index (κ1) is 11.2. The fourth-order valence-corrected chi connectivity index (χ4v) is 3.11. The van der Waals surface area contributed by atoms with Crippen LogP contribution >= 0.6 is 0 Å². The van der Waals surface area contributed by atoms with Crippen molar-refractivity contribution in [1.82, 2.24) is 5.32 Å². The molecule has 2 heteroatoms. The second kappa shape index (κ2) is 4.43. The van der Waals surface area contributed by atoms with Crippen molar-refractivity contribution in [3.8, 4) is 0 Å². The van der Waals surface area contributed by atoms with Crippen LogP contribution in [0.1, 0.15) is 30.4 Å². The largest absolute Gasteiger partial charge is 0.378 e. The molecule has 0 saturated carbocycles. The van der Waals surface area contributed by atoms with Crippen molar-refractivity contribution in [2.75, 3.05) is 19.7 Å². The number of hydrogen-bond donors (Lipinski definition) is 1. The molecule has 0 spiro atoms. The molecular formula is C15H21NO. The third-order valence-corrected chi connectivity index (χ3v) is 4.20. The normalized spacial score (nSPS) is 26.8. The van der Waals surface area contributed by atoms with Gasteiger partial charge in [-0.2, -0.15) is 0 Å². The predicted molar refractivity (Wildman–Crippen MR) is 69.3 cm³/mol. The summed E-state index contributed by atoms with van der Waals surface area (Å²) in [5, 5.41) is 3.44. The summed E-state index contributed by atoms with van der Waals surface area (Å²) in [5.74, 6) is 0. The molecule has 0 aromatic heterocycles. The number of benzene rings is 1. The second-order valence-electron chi connectivity index (χ2n) is 5.59. The topological polar surface area (TPSA) is 21.3 Å². The van der Waals surface area contributed by atoms with Gasteiger partial charge in [0.1, 0.15) is 0 Å². The standard InChI is InChI=1S/C15H21NO/c1-12-4-2-5-13(8-12)15(10-16-11-15)9-14-6-3-7-17-14/h2,4-5,8,14,16H,3,6-7,9-11H2,1H3. The van der Waals surface area contributed by atoms with Crippen molar-refractivity contribution >= 4 is 0 Å². The van der Waals surface area contributed by atoms with E-state index in [0.717, 1.165) is 19.7 Å². The SMILES string of the molecule is Cc1cccc(C2(CC3CCCO3)CNC2)c1. The van der Waals surface area contributed by atoms with E-state index in [9.17, 15) is 0 Å². The second-order valence-corrected chi connectivity index (χ2v) is 5.59. The molecule has 3 rings (SSSR count). The molecular weight excluding hydrogens is 210 g/mol. The van der Waals surface area contributed by atoms with Crippen LogP contribution in [0.4, 0.5) is 0 Å². The van der Waals surface area contributed by atoms with Crippen molar-refractivity contribution in [3.05, 3.63) is 35.4 Å². The lowest BCUT2D eigenvalue weighted by atomic mass is 9.71. The van der Waals surface area contributed by atoms with Gasteiger partial charge in [-0.25, -0.2) is 0 Å². The van der Waals surface area contributed by atoms with Gasteiger partial charge in [0.15, 0.2) is 0 Å². The van der Waals surface area contributed by atoms with E-state index in [1.807, 2.05) is 0 Å². The Morgan fingerprint density at radius 1 is 1.41 bits per heavy atom. The Hall–Kier alpha value is -0.860. The van der Waals surface area contributed by atoms with E-state index in [-0.39, 0.29) is 0 Å². The van der Waals surface area contributed by atoms with Gasteiger partial charge in [0.2, 0.25) is 0 Å². The highest BCUT2D eigenvalue weighted by Gasteiger charge is 2.41. The molecule has 2 fully saturated rings. The van der Waals surface area contributed by atoms with Gasteiger partial charge in [0.25, 0.3) is 0 Å². The maximum Gasteiger partial charge on any atom is 0.0585 e. The van der Waals surface area contributed by atoms with Crippen molar-refractivity contribution in [1.29, 1.82) is 0 Å². The molecule has 0 aliphatic carbocycles. The summed E-state index contributed by atoms with van der Waals surface area (Å²) < 4.78 is 5.81. The van der Waals surface area contributed by atoms with Gasteiger partial charge >= 0.3 is 0 Å². The van der Waals surface area contributed by atoms with E-state index < -0.39 is 0 Å². The highest BCUT2D eigenvalue weighted by Crippen LogP contribution is 2.36. The van der Waals surface area contributed by atoms with Gasteiger partial charge in [0, 0.05) is 25.1 Å². The third-order valence-electron chi connectivity index (χ3n) is 4.20. The van der Waals surface area contributed by atoms with Gasteiger partial charge < -0.3 is 10.1 Å². The van der Waals surface area contributed by atoms with Crippen LogP contribution in [0.3, 0.4) is 0 Å². The zero-order valence-electron chi connectivity index (χ0n) is 10.5. The van der Waals surface area contributed by atoms with Crippen LogP contribution < -0.4 is 5.32 Å². The molecule has 0 bridgehead atoms. The van der Waals surface area contributed by atoms with E-state index in [1.165, 1.54) is 30.4 Å². The molecule has 1 unspecified atom stereocenters. The van der Waals surface area contributed by atoms with Crippen molar-refractivity contribution < 1.29 is 4.74 Å². The van der Waals surface area contributed by atoms with Gasteiger partial charge in [-0.15, -0.1) is 0 Å². The van der Waals surface area contributed by atoms with Crippen LogP contribution in [0.25, 0.3) is 0 Å². The lowest BCUT2D eigenvalue weighted by Crippen LogP contribution is -2.58. The minimum atomic E-state index is 0.334. The first-order valence-corrected chi connectivity index (χ1v) is 6.68. The molecule has 1 N–H and O–H groups in total. The number of aryl methyl sites for hydroxylation is 1. The molecule has 2 nitrogen and oxygen atoms in total. The fraction of sp³-hybridized carbons (Fsp3) is 0.600. The van der Waals surface area contributed by atoms with Crippen LogP contribution in [-0.4, -0.2) is 25.8 Å². The van der Waals surface area contributed by atoms with Crippen LogP contribution in [0.2, 0.25) is 0 Å². The number of hydrogen-bond acceptors (Lipinski definition) is 2. The Morgan fingerprint density at radius 2 is 2.29 bits per heavy atom. The van der Waals surface area contributed by atoms with Crippen LogP contribution in [0.5, 0.6) is 0 Å². The zero-order valence-corrected chi connectivity index (χ0v) is 10.5. The van der Waals surface area contributed by atoms with E-state index in [4.69, 9.17) is 4.74 Å². The van der Waals surface area contributed by atoms with Gasteiger partial charge in [-0.3, -0.25) is 0 Å². The lowest BCUT2D eigenvalue weighted by molar-refractivity contribution is 0.0681. The number of nitrogens with one attached hydrogen (secondary N) is 1. The van der Waals surface area contributed by atoms with Crippen molar-refractivity contribution in [2.24, 2.45) is 0 Å².